The number of hydrogen-bond acceptors (Lipinski definition) is 4. The summed E-state index contributed by atoms with van der Waals surface area (Å²) in [5.74, 6) is 0.209. The second-order valence-corrected chi connectivity index (χ2v) is 10.5. The van der Waals surface area contributed by atoms with Gasteiger partial charge in [0.15, 0.2) is 0 Å². The van der Waals surface area contributed by atoms with Crippen molar-refractivity contribution in [1.29, 1.82) is 0 Å². The van der Waals surface area contributed by atoms with Crippen LogP contribution in [0.5, 0.6) is 0 Å². The minimum absolute atomic E-state index is 0.356. The molecule has 3 heterocycles. The predicted octanol–water partition coefficient (Wildman–Crippen LogP) is 4.41. The van der Waals surface area contributed by atoms with Crippen molar-refractivity contribution in [2.45, 2.75) is 39.7 Å². The van der Waals surface area contributed by atoms with Gasteiger partial charge in [0.05, 0.1) is 13.2 Å². The van der Waals surface area contributed by atoms with Crippen LogP contribution in [0.1, 0.15) is 46.9 Å². The number of fused-ring (bicyclic) bond motifs is 1. The highest BCUT2D eigenvalue weighted by Gasteiger charge is 2.36. The molecule has 1 aromatic heterocycles. The standard InChI is InChI=1S/C28H35N3O3/c1-20-25(15-21-7-9-23(10-8-21)27(32)29-33)24-5-3-4-6-26(24)31(20)16-22-11-13-30(14-12-22)17-28(2)18-34-19-28/h3-10,22,33H,11-19H2,1-2H3,(H,29,32). The molecule has 0 spiro atoms. The van der Waals surface area contributed by atoms with Crippen molar-refractivity contribution in [2.75, 3.05) is 32.8 Å². The van der Waals surface area contributed by atoms with Gasteiger partial charge in [0.2, 0.25) is 0 Å². The smallest absolute Gasteiger partial charge is 0.274 e. The maximum absolute atomic E-state index is 11.6. The first-order chi connectivity index (χ1) is 16.5. The number of likely N-dealkylation sites (tertiary alicyclic amines) is 1. The van der Waals surface area contributed by atoms with Crippen LogP contribution in [0.2, 0.25) is 0 Å². The summed E-state index contributed by atoms with van der Waals surface area (Å²) in [7, 11) is 0. The summed E-state index contributed by atoms with van der Waals surface area (Å²) in [6.07, 6.45) is 3.30. The number of amides is 1. The van der Waals surface area contributed by atoms with Crippen LogP contribution in [-0.4, -0.2) is 53.4 Å². The molecule has 2 aromatic carbocycles. The molecule has 0 saturated carbocycles. The van der Waals surface area contributed by atoms with E-state index in [0.29, 0.717) is 16.9 Å². The van der Waals surface area contributed by atoms with Gasteiger partial charge in [-0.05, 0) is 74.5 Å². The molecule has 180 valence electrons. The molecule has 3 aromatic rings. The summed E-state index contributed by atoms with van der Waals surface area (Å²) >= 11 is 0. The number of nitrogens with one attached hydrogen (secondary N) is 1. The Labute approximate surface area is 201 Å². The van der Waals surface area contributed by atoms with E-state index in [0.717, 1.165) is 38.3 Å². The number of ether oxygens (including phenoxy) is 1. The summed E-state index contributed by atoms with van der Waals surface area (Å²) in [5, 5.41) is 10.2. The van der Waals surface area contributed by atoms with Gasteiger partial charge in [0.1, 0.15) is 0 Å². The van der Waals surface area contributed by atoms with Crippen molar-refractivity contribution < 1.29 is 14.7 Å². The lowest BCUT2D eigenvalue weighted by molar-refractivity contribution is -0.117. The fraction of sp³-hybridized carbons (Fsp3) is 0.464. The molecule has 0 radical (unpaired) electrons. The molecule has 34 heavy (non-hydrogen) atoms. The van der Waals surface area contributed by atoms with Crippen molar-refractivity contribution in [3.63, 3.8) is 0 Å². The number of rotatable bonds is 7. The van der Waals surface area contributed by atoms with Crippen LogP contribution in [0.4, 0.5) is 0 Å². The molecule has 0 atom stereocenters. The Kier molecular flexibility index (Phi) is 6.47. The molecule has 0 bridgehead atoms. The highest BCUT2D eigenvalue weighted by Crippen LogP contribution is 2.32. The van der Waals surface area contributed by atoms with Crippen LogP contribution in [0.25, 0.3) is 10.9 Å². The average Bonchev–Trinajstić information content (AvgIpc) is 3.10. The van der Waals surface area contributed by atoms with E-state index < -0.39 is 5.91 Å². The molecule has 0 unspecified atom stereocenters. The molecule has 6 heteroatoms. The van der Waals surface area contributed by atoms with Crippen molar-refractivity contribution in [2.24, 2.45) is 11.3 Å². The molecule has 2 fully saturated rings. The highest BCUT2D eigenvalue weighted by molar-refractivity contribution is 5.93. The third-order valence-corrected chi connectivity index (χ3v) is 7.71. The Morgan fingerprint density at radius 3 is 2.47 bits per heavy atom. The van der Waals surface area contributed by atoms with E-state index in [9.17, 15) is 4.79 Å². The lowest BCUT2D eigenvalue weighted by Crippen LogP contribution is -2.50. The number of aromatic nitrogens is 1. The number of carbonyl (C=O) groups excluding carboxylic acids is 1. The number of hydroxylamine groups is 1. The van der Waals surface area contributed by atoms with Crippen LogP contribution in [-0.2, 0) is 17.7 Å². The maximum atomic E-state index is 11.6. The van der Waals surface area contributed by atoms with E-state index in [2.05, 4.69) is 47.6 Å². The van der Waals surface area contributed by atoms with E-state index in [1.165, 1.54) is 48.1 Å². The van der Waals surface area contributed by atoms with E-state index >= 15 is 0 Å². The van der Waals surface area contributed by atoms with Crippen molar-refractivity contribution in [3.05, 3.63) is 70.9 Å². The number of para-hydroxylation sites is 1. The zero-order valence-corrected chi connectivity index (χ0v) is 20.2. The Balaban J connectivity index is 1.31. The van der Waals surface area contributed by atoms with Gasteiger partial charge in [-0.2, -0.15) is 0 Å². The molecule has 1 amide bonds. The second kappa shape index (κ2) is 9.53. The van der Waals surface area contributed by atoms with E-state index in [1.54, 1.807) is 17.6 Å². The van der Waals surface area contributed by atoms with Gasteiger partial charge in [0.25, 0.3) is 5.91 Å². The predicted molar refractivity (Wildman–Crippen MR) is 133 cm³/mol. The Bertz CT molecular complexity index is 1160. The monoisotopic (exact) mass is 461 g/mol. The molecule has 5 rings (SSSR count). The lowest BCUT2D eigenvalue weighted by Gasteiger charge is -2.43. The number of benzene rings is 2. The average molecular weight is 462 g/mol. The molecule has 0 aliphatic carbocycles. The molecule has 6 nitrogen and oxygen atoms in total. The van der Waals surface area contributed by atoms with Gasteiger partial charge in [-0.1, -0.05) is 37.3 Å². The topological polar surface area (TPSA) is 66.7 Å². The molecule has 2 aliphatic heterocycles. The third-order valence-electron chi connectivity index (χ3n) is 7.71. The van der Waals surface area contributed by atoms with Crippen molar-refractivity contribution >= 4 is 16.8 Å². The molecule has 2 saturated heterocycles. The number of piperidine rings is 1. The van der Waals surface area contributed by atoms with Gasteiger partial charge in [-0.25, -0.2) is 5.48 Å². The van der Waals surface area contributed by atoms with E-state index in [4.69, 9.17) is 9.94 Å². The summed E-state index contributed by atoms with van der Waals surface area (Å²) in [6, 6.07) is 16.2. The van der Waals surface area contributed by atoms with Gasteiger partial charge in [0, 0.05) is 40.7 Å². The molecule has 2 aliphatic rings. The minimum Gasteiger partial charge on any atom is -0.380 e. The molecular weight excluding hydrogens is 426 g/mol. The van der Waals surface area contributed by atoms with Crippen molar-refractivity contribution in [1.82, 2.24) is 14.9 Å². The zero-order valence-electron chi connectivity index (χ0n) is 20.2. The first-order valence-electron chi connectivity index (χ1n) is 12.4. The fourth-order valence-corrected chi connectivity index (χ4v) is 5.67. The third kappa shape index (κ3) is 4.63. The Morgan fingerprint density at radius 2 is 1.82 bits per heavy atom. The van der Waals surface area contributed by atoms with Gasteiger partial charge < -0.3 is 14.2 Å². The minimum atomic E-state index is -0.486. The zero-order chi connectivity index (χ0) is 23.7. The summed E-state index contributed by atoms with van der Waals surface area (Å²) < 4.78 is 7.97. The number of nitrogens with zero attached hydrogens (tertiary/aromatic N) is 2. The van der Waals surface area contributed by atoms with Crippen LogP contribution in [0, 0.1) is 18.3 Å². The highest BCUT2D eigenvalue weighted by atomic mass is 16.5. The molecular formula is C28H35N3O3. The Hall–Kier alpha value is -2.67. The summed E-state index contributed by atoms with van der Waals surface area (Å²) in [4.78, 5) is 14.3. The van der Waals surface area contributed by atoms with Gasteiger partial charge in [-0.3, -0.25) is 10.0 Å². The van der Waals surface area contributed by atoms with Gasteiger partial charge >= 0.3 is 0 Å². The molecule has 2 N–H and O–H groups in total. The van der Waals surface area contributed by atoms with Crippen LogP contribution >= 0.6 is 0 Å². The quantitative estimate of drug-likeness (QED) is 0.404. The number of hydrogen-bond donors (Lipinski definition) is 2. The van der Waals surface area contributed by atoms with E-state index in [1.807, 2.05) is 12.1 Å². The van der Waals surface area contributed by atoms with Crippen LogP contribution < -0.4 is 5.48 Å². The Morgan fingerprint density at radius 1 is 1.12 bits per heavy atom. The van der Waals surface area contributed by atoms with Crippen LogP contribution in [0.3, 0.4) is 0 Å². The largest absolute Gasteiger partial charge is 0.380 e. The second-order valence-electron chi connectivity index (χ2n) is 10.5. The first kappa shape index (κ1) is 23.1. The van der Waals surface area contributed by atoms with Crippen molar-refractivity contribution in [3.8, 4) is 0 Å². The maximum Gasteiger partial charge on any atom is 0.274 e. The van der Waals surface area contributed by atoms with E-state index in [-0.39, 0.29) is 0 Å². The first-order valence-corrected chi connectivity index (χ1v) is 12.4. The lowest BCUT2D eigenvalue weighted by atomic mass is 9.86. The SMILES string of the molecule is Cc1c(Cc2ccc(C(=O)NO)cc2)c2ccccc2n1CC1CCN(CC2(C)COC2)CC1. The fourth-order valence-electron chi connectivity index (χ4n) is 5.67. The summed E-state index contributed by atoms with van der Waals surface area (Å²) in [5.41, 5.74) is 7.66. The normalized spacial score (nSPS) is 18.7. The van der Waals surface area contributed by atoms with Gasteiger partial charge in [-0.15, -0.1) is 0 Å². The van der Waals surface area contributed by atoms with Crippen LogP contribution in [0.15, 0.2) is 48.5 Å². The number of carbonyl (C=O) groups is 1. The summed E-state index contributed by atoms with van der Waals surface area (Å²) in [6.45, 7) is 11.0.